The summed E-state index contributed by atoms with van der Waals surface area (Å²) in [7, 11) is 4.08. The normalized spacial score (nSPS) is 15.0. The van der Waals surface area contributed by atoms with Crippen molar-refractivity contribution >= 4 is 6.08 Å². The third-order valence-corrected chi connectivity index (χ3v) is 5.14. The zero-order valence-electron chi connectivity index (χ0n) is 17.3. The molecule has 1 aliphatic carbocycles. The fourth-order valence-electron chi connectivity index (χ4n) is 3.89. The lowest BCUT2D eigenvalue weighted by Gasteiger charge is -2.23. The topological polar surface area (TPSA) is 49.2 Å². The first-order chi connectivity index (χ1) is 14.1. The van der Waals surface area contributed by atoms with E-state index in [0.717, 1.165) is 42.9 Å². The van der Waals surface area contributed by atoms with Crippen LogP contribution < -0.4 is 5.62 Å². The summed E-state index contributed by atoms with van der Waals surface area (Å²) in [5, 5.41) is 9.42. The van der Waals surface area contributed by atoms with Gasteiger partial charge in [0.15, 0.2) is 0 Å². The summed E-state index contributed by atoms with van der Waals surface area (Å²) in [6, 6.07) is 10.1. The summed E-state index contributed by atoms with van der Waals surface area (Å²) < 4.78 is 18.6. The number of fused-ring (bicyclic) bond motifs is 1. The Kier molecular flexibility index (Phi) is 6.84. The fourth-order valence-corrected chi connectivity index (χ4v) is 3.89. The minimum Gasteiger partial charge on any atom is -0.313 e. The molecule has 0 bridgehead atoms. The molecular formula is C23H28FN5. The second kappa shape index (κ2) is 9.53. The third kappa shape index (κ3) is 4.57. The van der Waals surface area contributed by atoms with Crippen molar-refractivity contribution in [1.82, 2.24) is 14.0 Å². The van der Waals surface area contributed by atoms with Crippen LogP contribution in [0.15, 0.2) is 53.3 Å². The van der Waals surface area contributed by atoms with Gasteiger partial charge in [-0.25, -0.2) is 4.39 Å². The summed E-state index contributed by atoms with van der Waals surface area (Å²) in [5.74, 6) is -0.283. The van der Waals surface area contributed by atoms with Gasteiger partial charge >= 0.3 is 0 Å². The van der Waals surface area contributed by atoms with Gasteiger partial charge in [-0.3, -0.25) is 0 Å². The lowest BCUT2D eigenvalue weighted by molar-refractivity contribution is 0.361. The van der Waals surface area contributed by atoms with Gasteiger partial charge < -0.3 is 14.0 Å². The Bertz CT molecular complexity index is 1000. The van der Waals surface area contributed by atoms with Crippen molar-refractivity contribution in [2.24, 2.45) is 4.99 Å². The van der Waals surface area contributed by atoms with Gasteiger partial charge in [0.25, 0.3) is 0 Å². The highest BCUT2D eigenvalue weighted by Gasteiger charge is 2.25. The first-order valence-electron chi connectivity index (χ1n) is 10.1. The predicted molar refractivity (Wildman–Crippen MR) is 114 cm³/mol. The maximum atomic E-state index is 14.4. The van der Waals surface area contributed by atoms with Crippen molar-refractivity contribution < 1.29 is 4.39 Å². The highest BCUT2D eigenvalue weighted by molar-refractivity contribution is 5.56. The van der Waals surface area contributed by atoms with Gasteiger partial charge in [-0.05, 0) is 51.2 Å². The number of aromatic nitrogens is 2. The lowest BCUT2D eigenvalue weighted by Crippen LogP contribution is -2.32. The summed E-state index contributed by atoms with van der Waals surface area (Å²) in [6.07, 6.45) is 9.22. The fraction of sp³-hybridized carbons (Fsp3) is 0.391. The molecule has 0 N–H and O–H groups in total. The Hall–Kier alpha value is -2.91. The van der Waals surface area contributed by atoms with Gasteiger partial charge in [0.1, 0.15) is 5.83 Å². The molecule has 0 aliphatic heterocycles. The van der Waals surface area contributed by atoms with Gasteiger partial charge in [-0.15, -0.1) is 4.99 Å². The van der Waals surface area contributed by atoms with Crippen LogP contribution in [0.25, 0.3) is 6.08 Å². The molecule has 2 aromatic rings. The molecule has 1 aromatic carbocycles. The van der Waals surface area contributed by atoms with Crippen LogP contribution in [0.4, 0.5) is 4.39 Å². The Balaban J connectivity index is 2.31. The molecule has 0 saturated carbocycles. The molecule has 0 fully saturated rings. The summed E-state index contributed by atoms with van der Waals surface area (Å²) >= 11 is 0. The number of allylic oxidation sites excluding steroid dienone is 3. The smallest absolute Gasteiger partial charge is 0.222 e. The number of nitrogens with zero attached hydrogens (tertiary/aromatic N) is 5. The van der Waals surface area contributed by atoms with E-state index in [9.17, 15) is 9.65 Å². The second-order valence-corrected chi connectivity index (χ2v) is 7.52. The molecule has 1 aliphatic rings. The van der Waals surface area contributed by atoms with Gasteiger partial charge in [0.05, 0.1) is 11.7 Å². The number of hydrogen-bond acceptors (Lipinski definition) is 3. The molecule has 0 spiro atoms. The maximum Gasteiger partial charge on any atom is 0.222 e. The first-order valence-corrected chi connectivity index (χ1v) is 10.1. The first kappa shape index (κ1) is 20.8. The van der Waals surface area contributed by atoms with Gasteiger partial charge in [-0.2, -0.15) is 5.26 Å². The van der Waals surface area contributed by atoms with Crippen molar-refractivity contribution in [3.63, 3.8) is 0 Å². The maximum absolute atomic E-state index is 14.4. The highest BCUT2D eigenvalue weighted by Crippen LogP contribution is 2.28. The molecule has 29 heavy (non-hydrogen) atoms. The van der Waals surface area contributed by atoms with E-state index in [4.69, 9.17) is 0 Å². The average molecular weight is 394 g/mol. The Morgan fingerprint density at radius 2 is 2.03 bits per heavy atom. The number of halogens is 1. The van der Waals surface area contributed by atoms with Gasteiger partial charge in [0, 0.05) is 18.7 Å². The van der Waals surface area contributed by atoms with E-state index in [2.05, 4.69) is 38.1 Å². The van der Waals surface area contributed by atoms with Gasteiger partial charge in [0.2, 0.25) is 11.8 Å². The monoisotopic (exact) mass is 393 g/mol. The van der Waals surface area contributed by atoms with Crippen molar-refractivity contribution in [1.29, 1.82) is 5.26 Å². The minimum atomic E-state index is -0.283. The van der Waals surface area contributed by atoms with Crippen LogP contribution in [-0.4, -0.2) is 34.7 Å². The average Bonchev–Trinajstić information content (AvgIpc) is 2.85. The van der Waals surface area contributed by atoms with E-state index >= 15 is 0 Å². The second-order valence-electron chi connectivity index (χ2n) is 7.52. The van der Waals surface area contributed by atoms with E-state index in [1.54, 1.807) is 6.08 Å². The number of nitriles is 1. The summed E-state index contributed by atoms with van der Waals surface area (Å²) in [4.78, 5) is 6.34. The number of imidazole rings is 1. The Labute approximate surface area is 171 Å². The molecule has 0 radical (unpaired) electrons. The Morgan fingerprint density at radius 3 is 2.69 bits per heavy atom. The molecule has 1 atom stereocenters. The number of hydrogen-bond donors (Lipinski definition) is 0. The van der Waals surface area contributed by atoms with E-state index in [-0.39, 0.29) is 11.9 Å². The summed E-state index contributed by atoms with van der Waals surface area (Å²) in [5.41, 5.74) is 3.50. The van der Waals surface area contributed by atoms with Crippen molar-refractivity contribution in [3.05, 3.63) is 70.9 Å². The van der Waals surface area contributed by atoms with Crippen LogP contribution in [0.5, 0.6) is 0 Å². The standard InChI is InChI=1S/C23H28FN5/c1-4-14-28-21-12-8-11-19(24)16-22(21)29(23(28)26-17-25)20(13-15-27(2)3)18-9-6-5-7-10-18/h5-11,16,20H,4,12-15H2,1-3H3. The molecule has 152 valence electrons. The third-order valence-electron chi connectivity index (χ3n) is 5.14. The zero-order valence-corrected chi connectivity index (χ0v) is 17.3. The largest absolute Gasteiger partial charge is 0.313 e. The summed E-state index contributed by atoms with van der Waals surface area (Å²) in [6.45, 7) is 3.68. The molecule has 5 nitrogen and oxygen atoms in total. The highest BCUT2D eigenvalue weighted by atomic mass is 19.1. The van der Waals surface area contributed by atoms with Crippen molar-refractivity contribution in [2.45, 2.75) is 38.8 Å². The van der Waals surface area contributed by atoms with E-state index in [1.807, 2.05) is 44.6 Å². The quantitative estimate of drug-likeness (QED) is 0.667. The predicted octanol–water partition coefficient (Wildman–Crippen LogP) is 4.05. The zero-order chi connectivity index (χ0) is 20.8. The Morgan fingerprint density at radius 1 is 1.28 bits per heavy atom. The van der Waals surface area contributed by atoms with E-state index in [1.165, 1.54) is 6.08 Å². The van der Waals surface area contributed by atoms with Crippen molar-refractivity contribution in [2.75, 3.05) is 20.6 Å². The molecule has 0 saturated heterocycles. The molecular weight excluding hydrogens is 365 g/mol. The molecule has 6 heteroatoms. The molecule has 3 rings (SSSR count). The van der Waals surface area contributed by atoms with Crippen LogP contribution >= 0.6 is 0 Å². The number of benzene rings is 1. The molecule has 1 aromatic heterocycles. The molecule has 0 amide bonds. The van der Waals surface area contributed by atoms with Gasteiger partial charge in [-0.1, -0.05) is 43.3 Å². The SMILES string of the molecule is CCCn1c2c(n(C(CCN(C)C)c3ccccc3)c1=NC#N)C=C(F)C=CC2. The van der Waals surface area contributed by atoms with Crippen LogP contribution in [0.2, 0.25) is 0 Å². The molecule has 1 heterocycles. The van der Waals surface area contributed by atoms with E-state index < -0.39 is 0 Å². The van der Waals surface area contributed by atoms with Crippen molar-refractivity contribution in [3.8, 4) is 6.19 Å². The van der Waals surface area contributed by atoms with Crippen LogP contribution in [0, 0.1) is 11.5 Å². The van der Waals surface area contributed by atoms with Crippen LogP contribution in [-0.2, 0) is 13.0 Å². The lowest BCUT2D eigenvalue weighted by atomic mass is 10.0. The molecule has 1 unspecified atom stereocenters. The van der Waals surface area contributed by atoms with Crippen LogP contribution in [0.3, 0.4) is 0 Å². The minimum absolute atomic E-state index is 0.0558. The van der Waals surface area contributed by atoms with Crippen LogP contribution in [0.1, 0.15) is 42.8 Å². The number of rotatable bonds is 7. The van der Waals surface area contributed by atoms with E-state index in [0.29, 0.717) is 12.0 Å².